The number of thioether (sulfide) groups is 1. The largest absolute Gasteiger partial charge is 0.493 e. The third kappa shape index (κ3) is 4.39. The van der Waals surface area contributed by atoms with Crippen LogP contribution < -0.4 is 9.47 Å². The van der Waals surface area contributed by atoms with Gasteiger partial charge in [0.2, 0.25) is 0 Å². The van der Waals surface area contributed by atoms with Crippen LogP contribution in [0.3, 0.4) is 0 Å². The number of hydrogen-bond donors (Lipinski definition) is 0. The quantitative estimate of drug-likeness (QED) is 0.517. The van der Waals surface area contributed by atoms with Crippen molar-refractivity contribution >= 4 is 11.8 Å². The highest BCUT2D eigenvalue weighted by molar-refractivity contribution is 7.98. The van der Waals surface area contributed by atoms with Gasteiger partial charge in [-0.1, -0.05) is 36.4 Å². The van der Waals surface area contributed by atoms with Crippen LogP contribution in [-0.4, -0.2) is 37.7 Å². The number of rotatable bonds is 6. The summed E-state index contributed by atoms with van der Waals surface area (Å²) in [5.41, 5.74) is 5.95. The van der Waals surface area contributed by atoms with E-state index in [0.717, 1.165) is 52.7 Å². The Morgan fingerprint density at radius 2 is 1.87 bits per heavy atom. The highest BCUT2D eigenvalue weighted by Crippen LogP contribution is 2.40. The molecule has 0 spiro atoms. The highest BCUT2D eigenvalue weighted by Gasteiger charge is 2.25. The Balaban J connectivity index is 1.85. The smallest absolute Gasteiger partial charge is 0.161 e. The minimum atomic E-state index is 0.627. The molecule has 158 valence electrons. The molecule has 0 unspecified atom stereocenters. The van der Waals surface area contributed by atoms with Gasteiger partial charge in [-0.3, -0.25) is 0 Å². The normalized spacial score (nSPS) is 13.4. The Morgan fingerprint density at radius 3 is 2.58 bits per heavy atom. The second-order valence-electron chi connectivity index (χ2n) is 7.54. The lowest BCUT2D eigenvalue weighted by molar-refractivity contribution is 0.309. The molecule has 0 amide bonds. The number of fused-ring (bicyclic) bond motifs is 1. The molecule has 0 atom stereocenters. The van der Waals surface area contributed by atoms with E-state index in [9.17, 15) is 5.26 Å². The maximum absolute atomic E-state index is 10.2. The molecule has 1 aromatic heterocycles. The predicted octanol–water partition coefficient (Wildman–Crippen LogP) is 4.92. The van der Waals surface area contributed by atoms with Crippen molar-refractivity contribution < 1.29 is 9.47 Å². The fourth-order valence-corrected chi connectivity index (χ4v) is 4.88. The zero-order chi connectivity index (χ0) is 21.8. The maximum atomic E-state index is 10.2. The van der Waals surface area contributed by atoms with Crippen molar-refractivity contribution in [3.05, 3.63) is 70.9 Å². The molecule has 0 N–H and O–H groups in total. The van der Waals surface area contributed by atoms with Crippen molar-refractivity contribution in [3.63, 3.8) is 0 Å². The number of pyridine rings is 1. The van der Waals surface area contributed by atoms with Crippen LogP contribution in [0.15, 0.2) is 53.6 Å². The predicted molar refractivity (Wildman–Crippen MR) is 124 cm³/mol. The molecule has 1 aliphatic rings. The van der Waals surface area contributed by atoms with Crippen molar-refractivity contribution in [1.29, 1.82) is 5.26 Å². The van der Waals surface area contributed by atoms with Gasteiger partial charge in [0.15, 0.2) is 11.5 Å². The fourth-order valence-electron chi connectivity index (χ4n) is 3.92. The highest BCUT2D eigenvalue weighted by atomic mass is 32.2. The molecule has 2 heterocycles. The van der Waals surface area contributed by atoms with Gasteiger partial charge in [-0.2, -0.15) is 5.26 Å². The molecule has 2 aromatic carbocycles. The van der Waals surface area contributed by atoms with E-state index in [0.29, 0.717) is 17.1 Å². The van der Waals surface area contributed by atoms with Crippen molar-refractivity contribution in [1.82, 2.24) is 9.88 Å². The second-order valence-corrected chi connectivity index (χ2v) is 8.50. The number of hydrogen-bond acceptors (Lipinski definition) is 6. The van der Waals surface area contributed by atoms with Crippen LogP contribution in [0.1, 0.15) is 22.4 Å². The van der Waals surface area contributed by atoms with E-state index in [1.54, 1.807) is 26.0 Å². The zero-order valence-electron chi connectivity index (χ0n) is 18.0. The van der Waals surface area contributed by atoms with Crippen molar-refractivity contribution in [2.45, 2.75) is 23.7 Å². The summed E-state index contributed by atoms with van der Waals surface area (Å²) < 4.78 is 10.9. The molecule has 1 aliphatic heterocycles. The number of nitrogens with zero attached hydrogens (tertiary/aromatic N) is 3. The topological polar surface area (TPSA) is 58.4 Å². The molecular formula is C25H25N3O2S. The molecule has 6 heteroatoms. The lowest BCUT2D eigenvalue weighted by Crippen LogP contribution is -2.28. The van der Waals surface area contributed by atoms with Crippen LogP contribution in [0.25, 0.3) is 11.1 Å². The van der Waals surface area contributed by atoms with Gasteiger partial charge >= 0.3 is 0 Å². The Morgan fingerprint density at radius 1 is 1.10 bits per heavy atom. The lowest BCUT2D eigenvalue weighted by Gasteiger charge is -2.28. The minimum Gasteiger partial charge on any atom is -0.493 e. The molecule has 0 radical (unpaired) electrons. The lowest BCUT2D eigenvalue weighted by atomic mass is 9.91. The number of ether oxygens (including phenoxy) is 2. The number of methoxy groups -OCH3 is 2. The summed E-state index contributed by atoms with van der Waals surface area (Å²) in [6.45, 7) is 1.73. The first-order valence-electron chi connectivity index (χ1n) is 10.2. The zero-order valence-corrected chi connectivity index (χ0v) is 18.8. The summed E-state index contributed by atoms with van der Waals surface area (Å²) in [6.07, 6.45) is 0.872. The number of aromatic nitrogens is 1. The Bertz CT molecular complexity index is 1130. The van der Waals surface area contributed by atoms with E-state index < -0.39 is 0 Å². The van der Waals surface area contributed by atoms with Crippen molar-refractivity contribution in [2.24, 2.45) is 0 Å². The summed E-state index contributed by atoms with van der Waals surface area (Å²) in [5.74, 6) is 2.09. The van der Waals surface area contributed by atoms with E-state index in [4.69, 9.17) is 14.5 Å². The monoisotopic (exact) mass is 431 g/mol. The third-order valence-corrected chi connectivity index (χ3v) is 6.56. The van der Waals surface area contributed by atoms with E-state index in [1.165, 1.54) is 5.56 Å². The summed E-state index contributed by atoms with van der Waals surface area (Å²) in [6, 6.07) is 18.6. The van der Waals surface area contributed by atoms with E-state index in [2.05, 4.69) is 30.1 Å². The average molecular weight is 432 g/mol. The van der Waals surface area contributed by atoms with Gasteiger partial charge in [0.05, 0.1) is 19.8 Å². The summed E-state index contributed by atoms with van der Waals surface area (Å²) in [5, 5.41) is 11.0. The summed E-state index contributed by atoms with van der Waals surface area (Å²) in [4.78, 5) is 7.22. The average Bonchev–Trinajstić information content (AvgIpc) is 2.82. The first-order valence-corrected chi connectivity index (χ1v) is 11.2. The third-order valence-electron chi connectivity index (χ3n) is 5.51. The molecule has 0 saturated heterocycles. The molecule has 31 heavy (non-hydrogen) atoms. The first-order chi connectivity index (χ1) is 15.1. The van der Waals surface area contributed by atoms with E-state index in [1.807, 2.05) is 36.4 Å². The van der Waals surface area contributed by atoms with Crippen molar-refractivity contribution in [2.75, 3.05) is 27.8 Å². The van der Waals surface area contributed by atoms with Gasteiger partial charge in [0, 0.05) is 36.5 Å². The standard InChI is InChI=1S/C25H25N3O2S/c1-28-12-11-21-20(15-28)24(18-9-10-22(29-2)23(13-18)30-3)19(14-26)25(27-21)31-16-17-7-5-4-6-8-17/h4-10,13H,11-12,15-16H2,1-3H3. The van der Waals surface area contributed by atoms with Crippen LogP contribution in [0, 0.1) is 11.3 Å². The van der Waals surface area contributed by atoms with Gasteiger partial charge in [-0.25, -0.2) is 4.98 Å². The number of likely N-dealkylation sites (N-methyl/N-ethyl adjacent to an activating group) is 1. The Labute approximate surface area is 187 Å². The Kier molecular flexibility index (Phi) is 6.45. The first kappa shape index (κ1) is 21.2. The van der Waals surface area contributed by atoms with Gasteiger partial charge in [-0.15, -0.1) is 11.8 Å². The van der Waals surface area contributed by atoms with Gasteiger partial charge in [-0.05, 0) is 35.9 Å². The van der Waals surface area contributed by atoms with Crippen LogP contribution in [0.2, 0.25) is 0 Å². The molecule has 0 fully saturated rings. The molecule has 0 bridgehead atoms. The van der Waals surface area contributed by atoms with Crippen LogP contribution in [-0.2, 0) is 18.7 Å². The van der Waals surface area contributed by atoms with Gasteiger partial charge < -0.3 is 14.4 Å². The SMILES string of the molecule is COc1ccc(-c2c(C#N)c(SCc3ccccc3)nc3c2CN(C)CC3)cc1OC. The van der Waals surface area contributed by atoms with E-state index in [-0.39, 0.29) is 0 Å². The number of nitriles is 1. The van der Waals surface area contributed by atoms with Crippen LogP contribution in [0.4, 0.5) is 0 Å². The summed E-state index contributed by atoms with van der Waals surface area (Å²) in [7, 11) is 5.36. The fraction of sp³-hybridized carbons (Fsp3) is 0.280. The second kappa shape index (κ2) is 9.42. The molecule has 4 rings (SSSR count). The van der Waals surface area contributed by atoms with Gasteiger partial charge in [0.1, 0.15) is 11.1 Å². The maximum Gasteiger partial charge on any atom is 0.161 e. The molecule has 0 aliphatic carbocycles. The Hall–Kier alpha value is -3.01. The van der Waals surface area contributed by atoms with E-state index >= 15 is 0 Å². The number of benzene rings is 2. The minimum absolute atomic E-state index is 0.627. The van der Waals surface area contributed by atoms with Crippen LogP contribution in [0.5, 0.6) is 11.5 Å². The molecule has 3 aromatic rings. The van der Waals surface area contributed by atoms with Crippen molar-refractivity contribution in [3.8, 4) is 28.7 Å². The van der Waals surface area contributed by atoms with Crippen LogP contribution >= 0.6 is 11.8 Å². The molecule has 0 saturated carbocycles. The molecular weight excluding hydrogens is 406 g/mol. The van der Waals surface area contributed by atoms with Gasteiger partial charge in [0.25, 0.3) is 0 Å². The molecule has 5 nitrogen and oxygen atoms in total. The summed E-state index contributed by atoms with van der Waals surface area (Å²) >= 11 is 1.62.